The second-order valence-electron chi connectivity index (χ2n) is 9.51. The number of carbonyl (C=O) groups excluding carboxylic acids is 1. The molecule has 2 N–H and O–H groups in total. The van der Waals surface area contributed by atoms with Gasteiger partial charge in [0.25, 0.3) is 5.91 Å². The van der Waals surface area contributed by atoms with Gasteiger partial charge < -0.3 is 9.47 Å². The molecule has 5 heteroatoms. The Labute approximate surface area is 169 Å². The number of fused-ring (bicyclic) bond motifs is 1. The maximum atomic E-state index is 12.9. The molecule has 1 aromatic carbocycles. The smallest absolute Gasteiger partial charge is 0.265 e. The normalized spacial score (nSPS) is 15.9. The maximum Gasteiger partial charge on any atom is 0.265 e. The van der Waals surface area contributed by atoms with Gasteiger partial charge in [0.2, 0.25) is 0 Å². The summed E-state index contributed by atoms with van der Waals surface area (Å²) in [5.74, 6) is 1.24. The van der Waals surface area contributed by atoms with E-state index in [0.717, 1.165) is 5.56 Å². The minimum atomic E-state index is -0.162. The third kappa shape index (κ3) is 5.28. The first-order valence-electron chi connectivity index (χ1n) is 10.1. The van der Waals surface area contributed by atoms with E-state index in [9.17, 15) is 4.79 Å². The second kappa shape index (κ2) is 8.56. The topological polar surface area (TPSA) is 59.6 Å². The monoisotopic (exact) mass is 388 g/mol. The average Bonchev–Trinajstić information content (AvgIpc) is 2.61. The SMILES string of the molecule is CCc1c(C(=O)NNC(/C=C(\C)C(C)(C)C)C(C)(C)C)ccc2c1OCCO2. The van der Waals surface area contributed by atoms with Crippen LogP contribution < -0.4 is 20.3 Å². The van der Waals surface area contributed by atoms with Crippen LogP contribution in [0.1, 0.15) is 71.3 Å². The number of rotatable bonds is 5. The summed E-state index contributed by atoms with van der Waals surface area (Å²) in [6.07, 6.45) is 2.91. The first-order valence-corrected chi connectivity index (χ1v) is 10.1. The fourth-order valence-electron chi connectivity index (χ4n) is 2.96. The van der Waals surface area contributed by atoms with Crippen LogP contribution in [0.3, 0.4) is 0 Å². The molecule has 1 atom stereocenters. The van der Waals surface area contributed by atoms with E-state index in [2.05, 4.69) is 65.4 Å². The highest BCUT2D eigenvalue weighted by Crippen LogP contribution is 2.36. The first-order chi connectivity index (χ1) is 12.9. The van der Waals surface area contributed by atoms with Crippen molar-refractivity contribution in [1.29, 1.82) is 0 Å². The Kier molecular flexibility index (Phi) is 6.81. The Bertz CT molecular complexity index is 739. The van der Waals surface area contributed by atoms with E-state index in [1.807, 2.05) is 19.1 Å². The maximum absolute atomic E-state index is 12.9. The van der Waals surface area contributed by atoms with E-state index < -0.39 is 0 Å². The summed E-state index contributed by atoms with van der Waals surface area (Å²) in [5, 5.41) is 0. The number of nitrogens with one attached hydrogen (secondary N) is 2. The molecule has 0 radical (unpaired) electrons. The van der Waals surface area contributed by atoms with Crippen LogP contribution in [0.5, 0.6) is 11.5 Å². The van der Waals surface area contributed by atoms with E-state index in [4.69, 9.17) is 9.47 Å². The van der Waals surface area contributed by atoms with Gasteiger partial charge in [-0.05, 0) is 36.3 Å². The molecule has 0 fully saturated rings. The molecule has 0 aromatic heterocycles. The van der Waals surface area contributed by atoms with E-state index >= 15 is 0 Å². The third-order valence-electron chi connectivity index (χ3n) is 5.28. The molecule has 1 unspecified atom stereocenters. The van der Waals surface area contributed by atoms with Crippen LogP contribution in [-0.4, -0.2) is 25.2 Å². The predicted molar refractivity (Wildman–Crippen MR) is 114 cm³/mol. The highest BCUT2D eigenvalue weighted by Gasteiger charge is 2.26. The number of allylic oxidation sites excluding steroid dienone is 1. The fourth-order valence-corrected chi connectivity index (χ4v) is 2.96. The number of benzene rings is 1. The van der Waals surface area contributed by atoms with Gasteiger partial charge in [-0.15, -0.1) is 0 Å². The molecule has 0 saturated heterocycles. The molecule has 1 amide bonds. The molecular weight excluding hydrogens is 352 g/mol. The zero-order chi connectivity index (χ0) is 21.1. The number of amides is 1. The predicted octanol–water partition coefficient (Wildman–Crippen LogP) is 4.66. The zero-order valence-corrected chi connectivity index (χ0v) is 18.7. The summed E-state index contributed by atoms with van der Waals surface area (Å²) >= 11 is 0. The lowest BCUT2D eigenvalue weighted by Gasteiger charge is -2.32. The summed E-state index contributed by atoms with van der Waals surface area (Å²) in [5.41, 5.74) is 8.96. The highest BCUT2D eigenvalue weighted by atomic mass is 16.6. The minimum absolute atomic E-state index is 0.00189. The molecule has 2 rings (SSSR count). The van der Waals surface area contributed by atoms with E-state index in [-0.39, 0.29) is 22.8 Å². The Morgan fingerprint density at radius 2 is 1.79 bits per heavy atom. The van der Waals surface area contributed by atoms with Crippen molar-refractivity contribution in [2.45, 2.75) is 67.9 Å². The van der Waals surface area contributed by atoms with E-state index in [1.54, 1.807) is 0 Å². The Morgan fingerprint density at radius 3 is 2.36 bits per heavy atom. The van der Waals surface area contributed by atoms with Crippen molar-refractivity contribution in [2.75, 3.05) is 13.2 Å². The molecule has 0 aliphatic carbocycles. The molecule has 5 nitrogen and oxygen atoms in total. The summed E-state index contributed by atoms with van der Waals surface area (Å²) in [6, 6.07) is 3.62. The van der Waals surface area contributed by atoms with Crippen LogP contribution >= 0.6 is 0 Å². The summed E-state index contributed by atoms with van der Waals surface area (Å²) in [4.78, 5) is 12.9. The number of ether oxygens (including phenoxy) is 2. The van der Waals surface area contributed by atoms with Gasteiger partial charge in [-0.25, -0.2) is 5.43 Å². The number of hydrogen-bond donors (Lipinski definition) is 2. The Balaban J connectivity index is 2.22. The lowest BCUT2D eigenvalue weighted by Crippen LogP contribution is -2.49. The molecule has 0 bridgehead atoms. The van der Waals surface area contributed by atoms with Gasteiger partial charge in [-0.3, -0.25) is 10.2 Å². The van der Waals surface area contributed by atoms with Crippen LogP contribution in [0.2, 0.25) is 0 Å². The summed E-state index contributed by atoms with van der Waals surface area (Å²) in [6.45, 7) is 18.3. The van der Waals surface area contributed by atoms with Crippen LogP contribution in [0.25, 0.3) is 0 Å². The van der Waals surface area contributed by atoms with Crippen LogP contribution in [0.15, 0.2) is 23.8 Å². The quantitative estimate of drug-likeness (QED) is 0.569. The zero-order valence-electron chi connectivity index (χ0n) is 18.7. The second-order valence-corrected chi connectivity index (χ2v) is 9.51. The Morgan fingerprint density at radius 1 is 1.14 bits per heavy atom. The lowest BCUT2D eigenvalue weighted by molar-refractivity contribution is 0.0914. The summed E-state index contributed by atoms with van der Waals surface area (Å²) in [7, 11) is 0. The average molecular weight is 389 g/mol. The van der Waals surface area contributed by atoms with Crippen molar-refractivity contribution in [3.05, 3.63) is 34.9 Å². The van der Waals surface area contributed by atoms with Gasteiger partial charge in [-0.2, -0.15) is 0 Å². The molecular formula is C23H36N2O3. The van der Waals surface area contributed by atoms with Gasteiger partial charge in [0.1, 0.15) is 13.2 Å². The number of hydrogen-bond acceptors (Lipinski definition) is 4. The fraction of sp³-hybridized carbons (Fsp3) is 0.609. The minimum Gasteiger partial charge on any atom is -0.486 e. The molecule has 28 heavy (non-hydrogen) atoms. The van der Waals surface area contributed by atoms with Gasteiger partial charge >= 0.3 is 0 Å². The standard InChI is InChI=1S/C23H36N2O3/c1-9-16-17(10-11-18-20(16)28-13-12-27-18)21(26)25-24-19(23(6,7)8)14-15(2)22(3,4)5/h10-11,14,19,24H,9,12-13H2,1-8H3,(H,25,26)/b15-14+. The van der Waals surface area contributed by atoms with Crippen LogP contribution in [-0.2, 0) is 6.42 Å². The van der Waals surface area contributed by atoms with Gasteiger partial charge in [-0.1, -0.05) is 60.1 Å². The largest absolute Gasteiger partial charge is 0.486 e. The van der Waals surface area contributed by atoms with Gasteiger partial charge in [0.05, 0.1) is 0 Å². The molecule has 1 aliphatic rings. The third-order valence-corrected chi connectivity index (χ3v) is 5.28. The van der Waals surface area contributed by atoms with E-state index in [0.29, 0.717) is 36.7 Å². The van der Waals surface area contributed by atoms with Crippen molar-refractivity contribution < 1.29 is 14.3 Å². The molecule has 1 aliphatic heterocycles. The van der Waals surface area contributed by atoms with Crippen LogP contribution in [0, 0.1) is 10.8 Å². The van der Waals surface area contributed by atoms with Crippen molar-refractivity contribution in [3.8, 4) is 11.5 Å². The first kappa shape index (κ1) is 22.3. The van der Waals surface area contributed by atoms with Crippen molar-refractivity contribution in [1.82, 2.24) is 10.9 Å². The molecule has 1 aromatic rings. The van der Waals surface area contributed by atoms with Crippen molar-refractivity contribution >= 4 is 5.91 Å². The van der Waals surface area contributed by atoms with Gasteiger partial charge in [0, 0.05) is 17.2 Å². The molecule has 1 heterocycles. The number of hydrazine groups is 1. The van der Waals surface area contributed by atoms with E-state index in [1.165, 1.54) is 5.57 Å². The Hall–Kier alpha value is -2.01. The molecule has 156 valence electrons. The number of carbonyl (C=O) groups is 1. The van der Waals surface area contributed by atoms with Gasteiger partial charge in [0.15, 0.2) is 11.5 Å². The van der Waals surface area contributed by atoms with Crippen molar-refractivity contribution in [3.63, 3.8) is 0 Å². The lowest BCUT2D eigenvalue weighted by atomic mass is 9.81. The molecule has 0 spiro atoms. The summed E-state index contributed by atoms with van der Waals surface area (Å²) < 4.78 is 11.4. The highest BCUT2D eigenvalue weighted by molar-refractivity contribution is 5.96. The van der Waals surface area contributed by atoms with Crippen LogP contribution in [0.4, 0.5) is 0 Å². The molecule has 0 saturated carbocycles. The van der Waals surface area contributed by atoms with Crippen molar-refractivity contribution in [2.24, 2.45) is 10.8 Å².